The number of carbonyl (C=O) groups excluding carboxylic acids is 2. The maximum absolute atomic E-state index is 12.5. The number of halogens is 1. The molecule has 0 atom stereocenters. The Bertz CT molecular complexity index is 538. The van der Waals surface area contributed by atoms with E-state index in [1.54, 1.807) is 11.5 Å². The predicted octanol–water partition coefficient (Wildman–Crippen LogP) is -0.339. The molecule has 1 heterocycles. The third kappa shape index (κ3) is 6.29. The summed E-state index contributed by atoms with van der Waals surface area (Å²) in [7, 11) is 0. The molecule has 122 valence electrons. The molecule has 22 heavy (non-hydrogen) atoms. The van der Waals surface area contributed by atoms with Crippen molar-refractivity contribution >= 4 is 41.0 Å². The van der Waals surface area contributed by atoms with E-state index in [9.17, 15) is 9.59 Å². The van der Waals surface area contributed by atoms with Gasteiger partial charge < -0.3 is 28.7 Å². The summed E-state index contributed by atoms with van der Waals surface area (Å²) in [4.78, 5) is 24.0. The summed E-state index contributed by atoms with van der Waals surface area (Å²) in [5.41, 5.74) is 1.63. The van der Waals surface area contributed by atoms with Gasteiger partial charge in [-0.1, -0.05) is 0 Å². The van der Waals surface area contributed by atoms with Crippen LogP contribution in [0.4, 0.5) is 0 Å². The molecule has 0 unspecified atom stereocenters. The van der Waals surface area contributed by atoms with Gasteiger partial charge in [0.15, 0.2) is 12.4 Å². The smallest absolute Gasteiger partial charge is 0.313 e. The molecule has 4 nitrogen and oxygen atoms in total. The maximum atomic E-state index is 12.5. The minimum Gasteiger partial charge on any atom is -1.00 e. The molecule has 0 radical (unpaired) electrons. The third-order valence-corrected chi connectivity index (χ3v) is 4.82. The average molecular weight is 453 g/mol. The molecule has 0 aliphatic rings. The van der Waals surface area contributed by atoms with Crippen molar-refractivity contribution in [3.05, 3.63) is 34.3 Å². The zero-order valence-electron chi connectivity index (χ0n) is 13.1. The lowest BCUT2D eigenvalue weighted by Gasteiger charge is -2.06. The fourth-order valence-electron chi connectivity index (χ4n) is 1.72. The van der Waals surface area contributed by atoms with E-state index in [4.69, 9.17) is 4.74 Å². The van der Waals surface area contributed by atoms with Gasteiger partial charge in [-0.25, -0.2) is 0 Å². The van der Waals surface area contributed by atoms with Crippen LogP contribution in [-0.4, -0.2) is 30.9 Å². The second-order valence-corrected chi connectivity index (χ2v) is 6.12. The molecule has 0 aliphatic heterocycles. The van der Waals surface area contributed by atoms with Crippen molar-refractivity contribution in [2.24, 2.45) is 0 Å². The summed E-state index contributed by atoms with van der Waals surface area (Å²) in [6.07, 6.45) is 7.26. The van der Waals surface area contributed by atoms with E-state index in [0.29, 0.717) is 5.70 Å². The number of allylic oxidation sites excluding steroid dienone is 1. The van der Waals surface area contributed by atoms with Gasteiger partial charge in [0, 0.05) is 12.1 Å². The van der Waals surface area contributed by atoms with Gasteiger partial charge in [0.05, 0.1) is 6.61 Å². The Morgan fingerprint density at radius 2 is 1.73 bits per heavy atom. The van der Waals surface area contributed by atoms with Crippen LogP contribution in [0.1, 0.15) is 18.9 Å². The predicted molar refractivity (Wildman–Crippen MR) is 87.9 cm³/mol. The summed E-state index contributed by atoms with van der Waals surface area (Å²) in [5.74, 6) is -0.727. The van der Waals surface area contributed by atoms with Gasteiger partial charge in [0.2, 0.25) is 5.78 Å². The summed E-state index contributed by atoms with van der Waals surface area (Å²) >= 11 is 2.99. The zero-order chi connectivity index (χ0) is 15.8. The first-order chi connectivity index (χ1) is 10.0. The molecule has 1 aromatic rings. The first-order valence-electron chi connectivity index (χ1n) is 6.52. The summed E-state index contributed by atoms with van der Waals surface area (Å²) < 4.78 is 7.49. The second-order valence-electron chi connectivity index (χ2n) is 4.23. The van der Waals surface area contributed by atoms with Gasteiger partial charge in [-0.2, -0.15) is 4.57 Å². The quantitative estimate of drug-likeness (QED) is 0.186. The summed E-state index contributed by atoms with van der Waals surface area (Å²) in [6.45, 7) is 3.99. The Morgan fingerprint density at radius 3 is 2.18 bits per heavy atom. The molecular weight excluding hydrogens is 433 g/mol. The van der Waals surface area contributed by atoms with E-state index >= 15 is 0 Å². The van der Waals surface area contributed by atoms with Crippen molar-refractivity contribution in [2.45, 2.75) is 20.3 Å². The number of Topliss-reactive ketones (excluding diaryl/α,β-unsaturated/α-hetero) is 1. The largest absolute Gasteiger partial charge is 1.00 e. The number of thioether (sulfide) groups is 2. The van der Waals surface area contributed by atoms with Crippen LogP contribution in [0, 0.1) is 6.92 Å². The number of aryl methyl sites for hydroxylation is 1. The molecule has 0 amide bonds. The first kappa shape index (κ1) is 21.5. The molecule has 1 aromatic heterocycles. The number of rotatable bonds is 7. The number of pyridine rings is 1. The Hall–Kier alpha value is -0.540. The zero-order valence-corrected chi connectivity index (χ0v) is 16.9. The molecule has 0 aliphatic carbocycles. The van der Waals surface area contributed by atoms with Gasteiger partial charge in [-0.3, -0.25) is 9.59 Å². The molecule has 0 spiro atoms. The Labute approximate surface area is 157 Å². The van der Waals surface area contributed by atoms with E-state index in [1.165, 1.54) is 23.5 Å². The van der Waals surface area contributed by atoms with Crippen LogP contribution < -0.4 is 28.5 Å². The topological polar surface area (TPSA) is 47.3 Å². The van der Waals surface area contributed by atoms with E-state index in [1.807, 2.05) is 44.0 Å². The standard InChI is InChI=1S/C15H20NO3S2.HI/c1-5-19-13(18)10-12(17)14(15(20-3)21-4)16-8-6-11(2)7-9-16;/h6-9H,5,10H2,1-4H3;1H/q+1;/p-1. The maximum Gasteiger partial charge on any atom is 0.313 e. The average Bonchev–Trinajstić information content (AvgIpc) is 2.46. The van der Waals surface area contributed by atoms with E-state index in [2.05, 4.69) is 0 Å². The molecule has 1 rings (SSSR count). The fraction of sp³-hybridized carbons (Fsp3) is 0.400. The molecule has 7 heteroatoms. The van der Waals surface area contributed by atoms with Crippen molar-refractivity contribution in [1.29, 1.82) is 0 Å². The molecule has 0 saturated carbocycles. The van der Waals surface area contributed by atoms with Gasteiger partial charge in [-0.05, 0) is 31.9 Å². The number of carbonyl (C=O) groups is 2. The van der Waals surface area contributed by atoms with Crippen LogP contribution in [0.25, 0.3) is 5.70 Å². The molecule has 0 aromatic carbocycles. The summed E-state index contributed by atoms with van der Waals surface area (Å²) in [6, 6.07) is 3.85. The van der Waals surface area contributed by atoms with Gasteiger partial charge >= 0.3 is 5.97 Å². The summed E-state index contributed by atoms with van der Waals surface area (Å²) in [5, 5.41) is 0. The SMILES string of the molecule is CCOC(=O)CC(=O)C(=C(SC)SC)[n+]1ccc(C)cc1.[I-]. The van der Waals surface area contributed by atoms with Crippen molar-refractivity contribution < 1.29 is 42.9 Å². The van der Waals surface area contributed by atoms with Gasteiger partial charge in [0.25, 0.3) is 5.70 Å². The van der Waals surface area contributed by atoms with Crippen LogP contribution in [0.5, 0.6) is 0 Å². The van der Waals surface area contributed by atoms with Crippen LogP contribution in [0.15, 0.2) is 28.8 Å². The molecule has 0 N–H and O–H groups in total. The number of hydrogen-bond acceptors (Lipinski definition) is 5. The normalized spacial score (nSPS) is 9.64. The molecule has 0 saturated heterocycles. The number of esters is 1. The van der Waals surface area contributed by atoms with Crippen molar-refractivity contribution in [3.8, 4) is 0 Å². The first-order valence-corrected chi connectivity index (χ1v) is 8.97. The van der Waals surface area contributed by atoms with Crippen LogP contribution in [0.2, 0.25) is 0 Å². The van der Waals surface area contributed by atoms with Crippen molar-refractivity contribution in [1.82, 2.24) is 0 Å². The lowest BCUT2D eigenvalue weighted by atomic mass is 10.2. The van der Waals surface area contributed by atoms with E-state index < -0.39 is 5.97 Å². The van der Waals surface area contributed by atoms with Crippen molar-refractivity contribution in [2.75, 3.05) is 19.1 Å². The van der Waals surface area contributed by atoms with E-state index in [0.717, 1.165) is 9.80 Å². The van der Waals surface area contributed by atoms with Gasteiger partial charge in [0.1, 0.15) is 10.7 Å². The number of aromatic nitrogens is 1. The molecular formula is C15H20INO3S2. The number of hydrogen-bond donors (Lipinski definition) is 0. The lowest BCUT2D eigenvalue weighted by Crippen LogP contribution is -3.00. The second kappa shape index (κ2) is 11.1. The minimum absolute atomic E-state index is 0. The van der Waals surface area contributed by atoms with Crippen LogP contribution in [-0.2, 0) is 14.3 Å². The van der Waals surface area contributed by atoms with Crippen LogP contribution in [0.3, 0.4) is 0 Å². The molecule has 0 fully saturated rings. The lowest BCUT2D eigenvalue weighted by molar-refractivity contribution is -0.577. The molecule has 0 bridgehead atoms. The Balaban J connectivity index is 0.00000441. The number of nitrogens with zero attached hydrogens (tertiary/aromatic N) is 1. The highest BCUT2D eigenvalue weighted by molar-refractivity contribution is 8.21. The van der Waals surface area contributed by atoms with Crippen LogP contribution >= 0.6 is 23.5 Å². The highest BCUT2D eigenvalue weighted by Crippen LogP contribution is 2.28. The van der Waals surface area contributed by atoms with Gasteiger partial charge in [-0.15, -0.1) is 23.5 Å². The highest BCUT2D eigenvalue weighted by Gasteiger charge is 2.27. The monoisotopic (exact) mass is 453 g/mol. The van der Waals surface area contributed by atoms with E-state index in [-0.39, 0.29) is 42.8 Å². The number of ether oxygens (including phenoxy) is 1. The fourth-order valence-corrected chi connectivity index (χ4v) is 3.21. The highest BCUT2D eigenvalue weighted by atomic mass is 127. The number of ketones is 1. The van der Waals surface area contributed by atoms with Crippen molar-refractivity contribution in [3.63, 3.8) is 0 Å². The Kier molecular flexibility index (Phi) is 10.8. The third-order valence-electron chi connectivity index (χ3n) is 2.69. The minimum atomic E-state index is -0.491. The Morgan fingerprint density at radius 1 is 1.18 bits per heavy atom.